The largest absolute Gasteiger partial charge is 0.505 e. The number of allylic oxidation sites excluding steroid dienone is 1. The van der Waals surface area contributed by atoms with Gasteiger partial charge in [-0.25, -0.2) is 0 Å². The second-order valence-electron chi connectivity index (χ2n) is 10.7. The van der Waals surface area contributed by atoms with Gasteiger partial charge in [0.1, 0.15) is 17.1 Å². The third-order valence-electron chi connectivity index (χ3n) is 7.59. The molecule has 1 heterocycles. The van der Waals surface area contributed by atoms with Gasteiger partial charge in [0.15, 0.2) is 0 Å². The van der Waals surface area contributed by atoms with Crippen LogP contribution in [0.1, 0.15) is 80.6 Å². The molecule has 5 rings (SSSR count). The monoisotopic (exact) mass is 463 g/mol. The fraction of sp³-hybridized carbons (Fsp3) is 0.290. The van der Waals surface area contributed by atoms with Crippen LogP contribution in [0.25, 0.3) is 11.8 Å². The van der Waals surface area contributed by atoms with Crippen LogP contribution in [0.3, 0.4) is 0 Å². The van der Waals surface area contributed by atoms with Crippen molar-refractivity contribution in [1.29, 1.82) is 0 Å². The zero-order valence-corrected chi connectivity index (χ0v) is 21.2. The summed E-state index contributed by atoms with van der Waals surface area (Å²) in [7, 11) is 0. The average Bonchev–Trinajstić information content (AvgIpc) is 3.30. The lowest BCUT2D eigenvalue weighted by molar-refractivity contribution is 0.444. The van der Waals surface area contributed by atoms with Crippen molar-refractivity contribution >= 4 is 6.08 Å². The van der Waals surface area contributed by atoms with Gasteiger partial charge in [0, 0.05) is 22.3 Å². The third kappa shape index (κ3) is 3.97. The van der Waals surface area contributed by atoms with E-state index in [1.54, 1.807) is 4.80 Å². The van der Waals surface area contributed by atoms with Crippen molar-refractivity contribution in [3.8, 4) is 11.4 Å². The fourth-order valence-corrected chi connectivity index (χ4v) is 5.04. The zero-order chi connectivity index (χ0) is 24.8. The van der Waals surface area contributed by atoms with Gasteiger partial charge in [-0.2, -0.15) is 5.10 Å². The van der Waals surface area contributed by atoms with Crippen molar-refractivity contribution < 1.29 is 5.11 Å². The van der Waals surface area contributed by atoms with Gasteiger partial charge in [0.05, 0.1) is 5.69 Å². The van der Waals surface area contributed by atoms with Crippen LogP contribution in [-0.4, -0.2) is 20.1 Å². The maximum absolute atomic E-state index is 11.7. The van der Waals surface area contributed by atoms with E-state index in [4.69, 9.17) is 10.2 Å². The number of aromatic hydroxyl groups is 1. The van der Waals surface area contributed by atoms with Crippen molar-refractivity contribution in [2.45, 2.75) is 57.8 Å². The second kappa shape index (κ2) is 8.53. The van der Waals surface area contributed by atoms with Crippen LogP contribution < -0.4 is 0 Å². The smallest absolute Gasteiger partial charge is 0.147 e. The van der Waals surface area contributed by atoms with Crippen LogP contribution in [0.15, 0.2) is 78.9 Å². The van der Waals surface area contributed by atoms with Crippen LogP contribution in [0.5, 0.6) is 5.75 Å². The topological polar surface area (TPSA) is 50.9 Å². The Morgan fingerprint density at radius 3 is 2.00 bits per heavy atom. The molecule has 4 heteroatoms. The van der Waals surface area contributed by atoms with Gasteiger partial charge in [-0.3, -0.25) is 0 Å². The predicted molar refractivity (Wildman–Crippen MR) is 142 cm³/mol. The first-order valence-corrected chi connectivity index (χ1v) is 12.3. The second-order valence-corrected chi connectivity index (χ2v) is 10.7. The Balaban J connectivity index is 1.75. The quantitative estimate of drug-likeness (QED) is 0.342. The minimum Gasteiger partial charge on any atom is -0.505 e. The summed E-state index contributed by atoms with van der Waals surface area (Å²) in [6.45, 7) is 10.9. The number of phenolic OH excluding ortho intramolecular Hbond substituents is 1. The van der Waals surface area contributed by atoms with Crippen molar-refractivity contribution in [2.24, 2.45) is 0 Å². The highest BCUT2D eigenvalue weighted by molar-refractivity contribution is 5.60. The molecule has 4 aromatic rings. The Kier molecular flexibility index (Phi) is 5.63. The Morgan fingerprint density at radius 2 is 1.40 bits per heavy atom. The average molecular weight is 464 g/mol. The number of hydrogen-bond donors (Lipinski definition) is 1. The number of nitrogens with zero attached hydrogens (tertiary/aromatic N) is 3. The highest BCUT2D eigenvalue weighted by Crippen LogP contribution is 2.44. The van der Waals surface area contributed by atoms with E-state index in [0.29, 0.717) is 11.6 Å². The summed E-state index contributed by atoms with van der Waals surface area (Å²) in [5.41, 5.74) is 6.07. The molecule has 0 spiro atoms. The van der Waals surface area contributed by atoms with E-state index in [2.05, 4.69) is 83.2 Å². The van der Waals surface area contributed by atoms with Crippen molar-refractivity contribution in [3.63, 3.8) is 0 Å². The van der Waals surface area contributed by atoms with E-state index in [-0.39, 0.29) is 11.2 Å². The lowest BCUT2D eigenvalue weighted by Gasteiger charge is -2.32. The molecular formula is C31H33N3O. The first-order valence-electron chi connectivity index (χ1n) is 12.3. The molecule has 0 saturated carbocycles. The van der Waals surface area contributed by atoms with Gasteiger partial charge < -0.3 is 5.11 Å². The Morgan fingerprint density at radius 1 is 0.800 bits per heavy atom. The molecule has 3 aromatic carbocycles. The molecule has 0 unspecified atom stereocenters. The number of hydrogen-bond acceptors (Lipinski definition) is 3. The molecule has 0 saturated heterocycles. The zero-order valence-electron chi connectivity index (χ0n) is 21.2. The maximum Gasteiger partial charge on any atom is 0.147 e. The number of rotatable bonds is 5. The lowest BCUT2D eigenvalue weighted by Crippen LogP contribution is -2.24. The summed E-state index contributed by atoms with van der Waals surface area (Å²) >= 11 is 0. The molecule has 0 aliphatic heterocycles. The summed E-state index contributed by atoms with van der Waals surface area (Å²) in [5, 5.41) is 21.3. The van der Waals surface area contributed by atoms with Crippen molar-refractivity contribution in [1.82, 2.24) is 15.0 Å². The molecule has 0 fully saturated rings. The number of benzene rings is 3. The molecule has 1 aliphatic carbocycles. The van der Waals surface area contributed by atoms with E-state index < -0.39 is 5.41 Å². The number of phenols is 1. The highest BCUT2D eigenvalue weighted by atomic mass is 16.3. The van der Waals surface area contributed by atoms with Gasteiger partial charge in [-0.15, -0.1) is 9.90 Å². The molecule has 0 amide bonds. The van der Waals surface area contributed by atoms with E-state index in [9.17, 15) is 5.11 Å². The highest BCUT2D eigenvalue weighted by Gasteiger charge is 2.33. The third-order valence-corrected chi connectivity index (χ3v) is 7.59. The lowest BCUT2D eigenvalue weighted by atomic mass is 9.72. The molecule has 0 bridgehead atoms. The molecule has 1 aromatic heterocycles. The summed E-state index contributed by atoms with van der Waals surface area (Å²) in [4.78, 5) is 1.63. The molecule has 0 radical (unpaired) electrons. The van der Waals surface area contributed by atoms with Gasteiger partial charge in [-0.1, -0.05) is 107 Å². The van der Waals surface area contributed by atoms with Crippen LogP contribution in [0.2, 0.25) is 0 Å². The Hall–Kier alpha value is -3.66. The standard InChI is InChI=1S/C31H33N3O/c1-21-13-12-18-26-28(21)33-34(32-26)27-20-24(30(2,3)22-14-8-6-9-15-22)19-25(29(27)35)31(4,5)23-16-10-7-11-17-23/h6-12,14-21,35H,13H2,1-5H3/t21-/m0/s1. The van der Waals surface area contributed by atoms with Crippen molar-refractivity contribution in [2.75, 3.05) is 0 Å². The molecule has 178 valence electrons. The molecule has 1 atom stereocenters. The minimum atomic E-state index is -0.428. The van der Waals surface area contributed by atoms with Crippen LogP contribution in [0, 0.1) is 0 Å². The van der Waals surface area contributed by atoms with E-state index >= 15 is 0 Å². The predicted octanol–water partition coefficient (Wildman–Crippen LogP) is 7.15. The molecule has 1 N–H and O–H groups in total. The molecule has 35 heavy (non-hydrogen) atoms. The summed E-state index contributed by atoms with van der Waals surface area (Å²) in [5.74, 6) is 0.519. The Labute approximate surface area is 208 Å². The van der Waals surface area contributed by atoms with Crippen LogP contribution in [0.4, 0.5) is 0 Å². The SMILES string of the molecule is C[C@H]1CC=Cc2nn(-c3cc(C(C)(C)c4ccccc4)cc(C(C)(C)c4ccccc4)c3O)nc21. The summed E-state index contributed by atoms with van der Waals surface area (Å²) in [6, 6.07) is 25.1. The van der Waals surface area contributed by atoms with Gasteiger partial charge >= 0.3 is 0 Å². The summed E-state index contributed by atoms with van der Waals surface area (Å²) in [6.07, 6.45) is 5.12. The normalized spacial score (nSPS) is 15.7. The Bertz CT molecular complexity index is 1380. The fourth-order valence-electron chi connectivity index (χ4n) is 5.04. The minimum absolute atomic E-state index is 0.218. The number of aromatic nitrogens is 3. The molecule has 1 aliphatic rings. The first kappa shape index (κ1) is 23.1. The molecule has 4 nitrogen and oxygen atoms in total. The number of fused-ring (bicyclic) bond motifs is 1. The van der Waals surface area contributed by atoms with Crippen molar-refractivity contribution in [3.05, 3.63) is 113 Å². The van der Waals surface area contributed by atoms with Crippen LogP contribution >= 0.6 is 0 Å². The van der Waals surface area contributed by atoms with E-state index in [1.165, 1.54) is 5.56 Å². The van der Waals surface area contributed by atoms with Crippen LogP contribution in [-0.2, 0) is 10.8 Å². The van der Waals surface area contributed by atoms with Gasteiger partial charge in [-0.05, 0) is 35.3 Å². The van der Waals surface area contributed by atoms with Gasteiger partial charge in [0.2, 0.25) is 0 Å². The molecular weight excluding hydrogens is 430 g/mol. The summed E-state index contributed by atoms with van der Waals surface area (Å²) < 4.78 is 0. The van der Waals surface area contributed by atoms with E-state index in [1.807, 2.05) is 36.4 Å². The van der Waals surface area contributed by atoms with E-state index in [0.717, 1.165) is 34.5 Å². The van der Waals surface area contributed by atoms with Gasteiger partial charge in [0.25, 0.3) is 0 Å². The maximum atomic E-state index is 11.7. The first-order chi connectivity index (χ1) is 16.7.